The first kappa shape index (κ1) is 19.0. The second-order valence-electron chi connectivity index (χ2n) is 7.03. The topological polar surface area (TPSA) is 64.2 Å². The lowest BCUT2D eigenvalue weighted by molar-refractivity contribution is -0.134. The van der Waals surface area contributed by atoms with Gasteiger partial charge in [-0.1, -0.05) is 18.7 Å². The van der Waals surface area contributed by atoms with Crippen LogP contribution in [0.15, 0.2) is 28.0 Å². The first-order valence-electron chi connectivity index (χ1n) is 9.48. The summed E-state index contributed by atoms with van der Waals surface area (Å²) in [5.74, 6) is 2.41. The molecule has 142 valence electrons. The number of amides is 1. The standard InChI is InChI=1S/C19H28N4O2S/c1-4-7-17-20-21-19(22(17)12-16-10-6-11-25-16)26-13-18(24)23-14(2)8-5-9-15(23)3/h6,10-11,14-15H,4-5,7-9,12-13H2,1-3H3/t14-,15+. The SMILES string of the molecule is CCCc1nnc(SCC(=O)N2[C@H](C)CCC[C@@H]2C)n1Cc1ccco1. The van der Waals surface area contributed by atoms with Crippen LogP contribution in [0.5, 0.6) is 0 Å². The van der Waals surface area contributed by atoms with Gasteiger partial charge in [0, 0.05) is 18.5 Å². The molecular formula is C19H28N4O2S. The van der Waals surface area contributed by atoms with Crippen molar-refractivity contribution in [2.45, 2.75) is 76.7 Å². The Balaban J connectivity index is 1.70. The molecule has 1 aliphatic heterocycles. The van der Waals surface area contributed by atoms with Gasteiger partial charge in [-0.2, -0.15) is 0 Å². The maximum Gasteiger partial charge on any atom is 0.233 e. The summed E-state index contributed by atoms with van der Waals surface area (Å²) in [6, 6.07) is 4.48. The number of carbonyl (C=O) groups excluding carboxylic acids is 1. The van der Waals surface area contributed by atoms with E-state index in [9.17, 15) is 4.79 Å². The van der Waals surface area contributed by atoms with Gasteiger partial charge < -0.3 is 9.32 Å². The number of hydrogen-bond acceptors (Lipinski definition) is 5. The summed E-state index contributed by atoms with van der Waals surface area (Å²) in [6.45, 7) is 7.03. The Bertz CT molecular complexity index is 703. The minimum absolute atomic E-state index is 0.194. The fraction of sp³-hybridized carbons (Fsp3) is 0.632. The van der Waals surface area contributed by atoms with E-state index >= 15 is 0 Å². The first-order chi connectivity index (χ1) is 12.6. The van der Waals surface area contributed by atoms with Crippen molar-refractivity contribution in [3.05, 3.63) is 30.0 Å². The van der Waals surface area contributed by atoms with E-state index in [0.29, 0.717) is 24.4 Å². The van der Waals surface area contributed by atoms with Crippen LogP contribution < -0.4 is 0 Å². The Labute approximate surface area is 159 Å². The zero-order valence-electron chi connectivity index (χ0n) is 15.9. The van der Waals surface area contributed by atoms with Crippen LogP contribution in [0.4, 0.5) is 0 Å². The number of hydrogen-bond donors (Lipinski definition) is 0. The Morgan fingerprint density at radius 3 is 2.73 bits per heavy atom. The van der Waals surface area contributed by atoms with E-state index < -0.39 is 0 Å². The van der Waals surface area contributed by atoms with Gasteiger partial charge in [-0.3, -0.25) is 9.36 Å². The second-order valence-corrected chi connectivity index (χ2v) is 7.98. The smallest absolute Gasteiger partial charge is 0.233 e. The third-order valence-corrected chi connectivity index (χ3v) is 5.92. The summed E-state index contributed by atoms with van der Waals surface area (Å²) < 4.78 is 7.56. The minimum atomic E-state index is 0.194. The molecule has 26 heavy (non-hydrogen) atoms. The molecule has 1 saturated heterocycles. The van der Waals surface area contributed by atoms with Crippen LogP contribution in [0.3, 0.4) is 0 Å². The molecule has 0 radical (unpaired) electrons. The molecule has 1 fully saturated rings. The molecule has 6 nitrogen and oxygen atoms in total. The summed E-state index contributed by atoms with van der Waals surface area (Å²) in [5.41, 5.74) is 0. The highest BCUT2D eigenvalue weighted by molar-refractivity contribution is 7.99. The fourth-order valence-electron chi connectivity index (χ4n) is 3.67. The molecule has 7 heteroatoms. The predicted octanol–water partition coefficient (Wildman–Crippen LogP) is 3.75. The molecule has 3 heterocycles. The molecule has 0 saturated carbocycles. The minimum Gasteiger partial charge on any atom is -0.467 e. The first-order valence-corrected chi connectivity index (χ1v) is 10.5. The van der Waals surface area contributed by atoms with Gasteiger partial charge in [0.15, 0.2) is 5.16 Å². The lowest BCUT2D eigenvalue weighted by atomic mass is 9.98. The average molecular weight is 377 g/mol. The fourth-order valence-corrected chi connectivity index (χ4v) is 4.49. The number of nitrogens with zero attached hydrogens (tertiary/aromatic N) is 4. The van der Waals surface area contributed by atoms with Gasteiger partial charge in [-0.25, -0.2) is 0 Å². The zero-order valence-corrected chi connectivity index (χ0v) is 16.7. The number of aromatic nitrogens is 3. The maximum atomic E-state index is 12.8. The van der Waals surface area contributed by atoms with Crippen molar-refractivity contribution in [1.29, 1.82) is 0 Å². The summed E-state index contributed by atoms with van der Waals surface area (Å²) >= 11 is 1.48. The van der Waals surface area contributed by atoms with Crippen molar-refractivity contribution in [1.82, 2.24) is 19.7 Å². The number of furan rings is 1. The van der Waals surface area contributed by atoms with E-state index in [1.165, 1.54) is 18.2 Å². The van der Waals surface area contributed by atoms with E-state index in [4.69, 9.17) is 4.42 Å². The lowest BCUT2D eigenvalue weighted by Gasteiger charge is -2.39. The normalized spacial score (nSPS) is 20.5. The number of carbonyl (C=O) groups is 1. The Morgan fingerprint density at radius 2 is 2.08 bits per heavy atom. The summed E-state index contributed by atoms with van der Waals surface area (Å²) in [6.07, 6.45) is 6.93. The van der Waals surface area contributed by atoms with Crippen LogP contribution in [0.2, 0.25) is 0 Å². The van der Waals surface area contributed by atoms with Crippen LogP contribution >= 0.6 is 11.8 Å². The summed E-state index contributed by atoms with van der Waals surface area (Å²) in [7, 11) is 0. The molecule has 0 aliphatic carbocycles. The zero-order chi connectivity index (χ0) is 18.5. The van der Waals surface area contributed by atoms with E-state index in [1.807, 2.05) is 12.1 Å². The van der Waals surface area contributed by atoms with Crippen molar-refractivity contribution >= 4 is 17.7 Å². The van der Waals surface area contributed by atoms with Gasteiger partial charge >= 0.3 is 0 Å². The maximum absolute atomic E-state index is 12.8. The quantitative estimate of drug-likeness (QED) is 0.689. The number of piperidine rings is 1. The third-order valence-electron chi connectivity index (χ3n) is 4.97. The van der Waals surface area contributed by atoms with Crippen molar-refractivity contribution in [3.8, 4) is 0 Å². The van der Waals surface area contributed by atoms with E-state index in [2.05, 4.69) is 40.4 Å². The van der Waals surface area contributed by atoms with E-state index in [0.717, 1.165) is 42.4 Å². The van der Waals surface area contributed by atoms with Crippen molar-refractivity contribution in [2.75, 3.05) is 5.75 Å². The molecule has 1 amide bonds. The highest BCUT2D eigenvalue weighted by Crippen LogP contribution is 2.25. The third kappa shape index (κ3) is 4.31. The number of rotatable bonds is 7. The van der Waals surface area contributed by atoms with Gasteiger partial charge in [0.05, 0.1) is 18.6 Å². The highest BCUT2D eigenvalue weighted by atomic mass is 32.2. The molecule has 2 atom stereocenters. The molecule has 0 aromatic carbocycles. The predicted molar refractivity (Wildman–Crippen MR) is 102 cm³/mol. The van der Waals surface area contributed by atoms with Gasteiger partial charge in [-0.05, 0) is 51.7 Å². The lowest BCUT2D eigenvalue weighted by Crippen LogP contribution is -2.48. The van der Waals surface area contributed by atoms with Gasteiger partial charge in [0.1, 0.15) is 11.6 Å². The molecule has 0 bridgehead atoms. The Morgan fingerprint density at radius 1 is 1.31 bits per heavy atom. The average Bonchev–Trinajstić information content (AvgIpc) is 3.25. The molecule has 0 unspecified atom stereocenters. The summed E-state index contributed by atoms with van der Waals surface area (Å²) in [4.78, 5) is 14.8. The second kappa shape index (κ2) is 8.75. The highest BCUT2D eigenvalue weighted by Gasteiger charge is 2.29. The Hall–Kier alpha value is -1.76. The molecule has 2 aromatic heterocycles. The monoisotopic (exact) mass is 376 g/mol. The molecule has 0 spiro atoms. The molecule has 3 rings (SSSR count). The van der Waals surface area contributed by atoms with Crippen LogP contribution in [-0.4, -0.2) is 43.4 Å². The largest absolute Gasteiger partial charge is 0.467 e. The van der Waals surface area contributed by atoms with Crippen LogP contribution in [0.25, 0.3) is 0 Å². The molecular weight excluding hydrogens is 348 g/mol. The van der Waals surface area contributed by atoms with Crippen molar-refractivity contribution < 1.29 is 9.21 Å². The van der Waals surface area contributed by atoms with Gasteiger partial charge in [0.2, 0.25) is 5.91 Å². The molecule has 2 aromatic rings. The van der Waals surface area contributed by atoms with E-state index in [1.54, 1.807) is 6.26 Å². The Kier molecular flexibility index (Phi) is 6.40. The van der Waals surface area contributed by atoms with Gasteiger partial charge in [-0.15, -0.1) is 10.2 Å². The van der Waals surface area contributed by atoms with Crippen molar-refractivity contribution in [3.63, 3.8) is 0 Å². The van der Waals surface area contributed by atoms with Crippen LogP contribution in [-0.2, 0) is 17.8 Å². The van der Waals surface area contributed by atoms with Crippen molar-refractivity contribution in [2.24, 2.45) is 0 Å². The van der Waals surface area contributed by atoms with Crippen LogP contribution in [0, 0.1) is 0 Å². The number of likely N-dealkylation sites (tertiary alicyclic amines) is 1. The summed E-state index contributed by atoms with van der Waals surface area (Å²) in [5, 5.41) is 9.45. The van der Waals surface area contributed by atoms with E-state index in [-0.39, 0.29) is 5.91 Å². The van der Waals surface area contributed by atoms with Crippen LogP contribution in [0.1, 0.15) is 58.0 Å². The molecule has 0 N–H and O–H groups in total. The number of aryl methyl sites for hydroxylation is 1. The molecule has 1 aliphatic rings. The number of thioether (sulfide) groups is 1. The van der Waals surface area contributed by atoms with Gasteiger partial charge in [0.25, 0.3) is 0 Å².